The van der Waals surface area contributed by atoms with E-state index in [9.17, 15) is 9.59 Å². The lowest BCUT2D eigenvalue weighted by molar-refractivity contribution is -0.123. The molecule has 1 aliphatic rings. The summed E-state index contributed by atoms with van der Waals surface area (Å²) in [6.45, 7) is 0.681. The van der Waals surface area contributed by atoms with E-state index >= 15 is 0 Å². The molecule has 33 heavy (non-hydrogen) atoms. The Kier molecular flexibility index (Phi) is 7.37. The number of amides is 2. The summed E-state index contributed by atoms with van der Waals surface area (Å²) in [5.41, 5.74) is 8.63. The average molecular weight is 444 g/mol. The van der Waals surface area contributed by atoms with Gasteiger partial charge >= 0.3 is 0 Å². The van der Waals surface area contributed by atoms with Gasteiger partial charge < -0.3 is 21.1 Å². The zero-order chi connectivity index (χ0) is 23.0. The van der Waals surface area contributed by atoms with Crippen LogP contribution in [0.4, 0.5) is 0 Å². The van der Waals surface area contributed by atoms with Gasteiger partial charge in [0.2, 0.25) is 5.91 Å². The van der Waals surface area contributed by atoms with Gasteiger partial charge in [-0.1, -0.05) is 60.7 Å². The number of rotatable bonds is 10. The maximum absolute atomic E-state index is 12.9. The van der Waals surface area contributed by atoms with E-state index in [1.165, 1.54) is 5.56 Å². The lowest BCUT2D eigenvalue weighted by atomic mass is 10.1. The van der Waals surface area contributed by atoms with Gasteiger partial charge in [-0.15, -0.1) is 0 Å². The van der Waals surface area contributed by atoms with Crippen molar-refractivity contribution in [3.8, 4) is 5.75 Å². The average Bonchev–Trinajstić information content (AvgIpc) is 3.59. The van der Waals surface area contributed by atoms with Crippen LogP contribution < -0.4 is 21.1 Å². The Hall–Kier alpha value is -3.64. The van der Waals surface area contributed by atoms with E-state index in [2.05, 4.69) is 16.7 Å². The highest BCUT2D eigenvalue weighted by Gasteiger charge is 2.34. The molecule has 6 nitrogen and oxygen atoms in total. The standard InChI is InChI=1S/C27H29N3O3/c28-24-17-23(24)21-12-7-13-22(16-21)33-15-14-25(30-26(31)20-10-5-2-6-11-20)27(32)29-18-19-8-3-1-4-9-19/h1-13,16,23-25H,14-15,17-18,28H2,(H,29,32)(H,30,31)/t23-,24+,25+/m0/s1. The van der Waals surface area contributed by atoms with Crippen LogP contribution in [-0.2, 0) is 11.3 Å². The molecule has 0 unspecified atom stereocenters. The lowest BCUT2D eigenvalue weighted by Gasteiger charge is -2.19. The summed E-state index contributed by atoms with van der Waals surface area (Å²) in [4.78, 5) is 25.6. The Labute approximate surface area is 194 Å². The molecule has 1 fully saturated rings. The summed E-state index contributed by atoms with van der Waals surface area (Å²) >= 11 is 0. The smallest absolute Gasteiger partial charge is 0.251 e. The maximum atomic E-state index is 12.9. The van der Waals surface area contributed by atoms with E-state index in [4.69, 9.17) is 10.5 Å². The van der Waals surface area contributed by atoms with Crippen LogP contribution in [0.15, 0.2) is 84.9 Å². The van der Waals surface area contributed by atoms with Gasteiger partial charge in [-0.25, -0.2) is 0 Å². The van der Waals surface area contributed by atoms with E-state index < -0.39 is 6.04 Å². The zero-order valence-electron chi connectivity index (χ0n) is 18.4. The quantitative estimate of drug-likeness (QED) is 0.448. The summed E-state index contributed by atoms with van der Waals surface area (Å²) in [6, 6.07) is 26.0. The number of hydrogen-bond acceptors (Lipinski definition) is 4. The molecular weight excluding hydrogens is 414 g/mol. The number of carbonyl (C=O) groups excluding carboxylic acids is 2. The Bertz CT molecular complexity index is 1070. The highest BCUT2D eigenvalue weighted by Crippen LogP contribution is 2.39. The van der Waals surface area contributed by atoms with Gasteiger partial charge in [-0.3, -0.25) is 9.59 Å². The minimum absolute atomic E-state index is 0.228. The van der Waals surface area contributed by atoms with E-state index in [0.717, 1.165) is 17.7 Å². The van der Waals surface area contributed by atoms with Crippen LogP contribution in [0.1, 0.15) is 40.2 Å². The van der Waals surface area contributed by atoms with Crippen LogP contribution in [0, 0.1) is 0 Å². The molecule has 0 aromatic heterocycles. The molecule has 6 heteroatoms. The Morgan fingerprint density at radius 1 is 0.970 bits per heavy atom. The molecule has 1 aliphatic carbocycles. The predicted molar refractivity (Wildman–Crippen MR) is 128 cm³/mol. The normalized spacial score (nSPS) is 17.6. The van der Waals surface area contributed by atoms with E-state index in [0.29, 0.717) is 31.1 Å². The van der Waals surface area contributed by atoms with Gasteiger partial charge in [0.05, 0.1) is 6.61 Å². The molecule has 0 radical (unpaired) electrons. The number of nitrogens with one attached hydrogen (secondary N) is 2. The Morgan fingerprint density at radius 2 is 1.67 bits per heavy atom. The van der Waals surface area contributed by atoms with E-state index in [-0.39, 0.29) is 17.9 Å². The second-order valence-corrected chi connectivity index (χ2v) is 8.31. The predicted octanol–water partition coefficient (Wildman–Crippen LogP) is 3.39. The van der Waals surface area contributed by atoms with Crippen LogP contribution >= 0.6 is 0 Å². The minimum Gasteiger partial charge on any atom is -0.493 e. The molecule has 3 aromatic carbocycles. The fourth-order valence-electron chi connectivity index (χ4n) is 3.74. The number of carbonyl (C=O) groups is 2. The van der Waals surface area contributed by atoms with Crippen LogP contribution in [-0.4, -0.2) is 30.5 Å². The summed E-state index contributed by atoms with van der Waals surface area (Å²) < 4.78 is 5.92. The van der Waals surface area contributed by atoms with Crippen molar-refractivity contribution in [1.29, 1.82) is 0 Å². The van der Waals surface area contributed by atoms with E-state index in [1.54, 1.807) is 24.3 Å². The molecule has 4 rings (SSSR count). The van der Waals surface area contributed by atoms with Gasteiger partial charge in [-0.05, 0) is 41.8 Å². The van der Waals surface area contributed by atoms with Crippen molar-refractivity contribution in [2.45, 2.75) is 37.4 Å². The molecule has 170 valence electrons. The molecule has 0 aliphatic heterocycles. The van der Waals surface area contributed by atoms with Crippen molar-refractivity contribution in [3.05, 3.63) is 102 Å². The molecular formula is C27H29N3O3. The number of nitrogens with two attached hydrogens (primary N) is 1. The largest absolute Gasteiger partial charge is 0.493 e. The van der Waals surface area contributed by atoms with Crippen molar-refractivity contribution < 1.29 is 14.3 Å². The Morgan fingerprint density at radius 3 is 2.36 bits per heavy atom. The van der Waals surface area contributed by atoms with Gasteiger partial charge in [0.1, 0.15) is 11.8 Å². The zero-order valence-corrected chi connectivity index (χ0v) is 18.4. The third-order valence-corrected chi connectivity index (χ3v) is 5.77. The third-order valence-electron chi connectivity index (χ3n) is 5.77. The SMILES string of the molecule is N[C@@H]1C[C@H]1c1cccc(OCC[C@@H](NC(=O)c2ccccc2)C(=O)NCc2ccccc2)c1. The topological polar surface area (TPSA) is 93.4 Å². The van der Waals surface area contributed by atoms with Crippen molar-refractivity contribution in [3.63, 3.8) is 0 Å². The van der Waals surface area contributed by atoms with Crippen LogP contribution in [0.25, 0.3) is 0 Å². The monoisotopic (exact) mass is 443 g/mol. The molecule has 0 spiro atoms. The summed E-state index contributed by atoms with van der Waals surface area (Å²) in [5.74, 6) is 0.601. The number of benzene rings is 3. The highest BCUT2D eigenvalue weighted by atomic mass is 16.5. The number of ether oxygens (including phenoxy) is 1. The summed E-state index contributed by atoms with van der Waals surface area (Å²) in [6.07, 6.45) is 1.34. The first kappa shape index (κ1) is 22.6. The summed E-state index contributed by atoms with van der Waals surface area (Å²) in [7, 11) is 0. The highest BCUT2D eigenvalue weighted by molar-refractivity contribution is 5.97. The molecule has 2 amide bonds. The van der Waals surface area contributed by atoms with Crippen LogP contribution in [0.5, 0.6) is 5.75 Å². The first-order chi connectivity index (χ1) is 16.1. The van der Waals surface area contributed by atoms with Gasteiger partial charge in [0.25, 0.3) is 5.91 Å². The van der Waals surface area contributed by atoms with Crippen molar-refractivity contribution >= 4 is 11.8 Å². The second kappa shape index (κ2) is 10.8. The lowest BCUT2D eigenvalue weighted by Crippen LogP contribution is -2.47. The molecule has 0 saturated heterocycles. The molecule has 1 saturated carbocycles. The third kappa shape index (κ3) is 6.43. The molecule has 4 N–H and O–H groups in total. The van der Waals surface area contributed by atoms with Crippen molar-refractivity contribution in [2.24, 2.45) is 5.73 Å². The van der Waals surface area contributed by atoms with Crippen LogP contribution in [0.3, 0.4) is 0 Å². The fraction of sp³-hybridized carbons (Fsp3) is 0.259. The van der Waals surface area contributed by atoms with Gasteiger partial charge in [-0.2, -0.15) is 0 Å². The first-order valence-corrected chi connectivity index (χ1v) is 11.3. The molecule has 0 heterocycles. The van der Waals surface area contributed by atoms with Crippen molar-refractivity contribution in [1.82, 2.24) is 10.6 Å². The van der Waals surface area contributed by atoms with Gasteiger partial charge in [0.15, 0.2) is 0 Å². The molecule has 3 atom stereocenters. The fourth-order valence-corrected chi connectivity index (χ4v) is 3.74. The molecule has 0 bridgehead atoms. The second-order valence-electron chi connectivity index (χ2n) is 8.31. The Balaban J connectivity index is 1.37. The first-order valence-electron chi connectivity index (χ1n) is 11.3. The molecule has 3 aromatic rings. The summed E-state index contributed by atoms with van der Waals surface area (Å²) in [5, 5.41) is 5.77. The van der Waals surface area contributed by atoms with Crippen molar-refractivity contribution in [2.75, 3.05) is 6.61 Å². The van der Waals surface area contributed by atoms with E-state index in [1.807, 2.05) is 54.6 Å². The van der Waals surface area contributed by atoms with Gasteiger partial charge in [0, 0.05) is 30.5 Å². The number of hydrogen-bond donors (Lipinski definition) is 3. The maximum Gasteiger partial charge on any atom is 0.251 e. The van der Waals surface area contributed by atoms with Crippen LogP contribution in [0.2, 0.25) is 0 Å². The minimum atomic E-state index is -0.721.